The number of likely N-dealkylation sites (N-methyl/N-ethyl adjacent to an activating group) is 1. The molecule has 0 aromatic heterocycles. The van der Waals surface area contributed by atoms with Crippen LogP contribution >= 0.6 is 0 Å². The first-order valence-corrected chi connectivity index (χ1v) is 18.7. The molecule has 0 aromatic carbocycles. The number of hydrogen-bond donors (Lipinski definition) is 0. The summed E-state index contributed by atoms with van der Waals surface area (Å²) in [5, 5.41) is 0. The monoisotopic (exact) mass is 618 g/mol. The summed E-state index contributed by atoms with van der Waals surface area (Å²) in [6.45, 7) is 9.04. The number of rotatable bonds is 35. The quantitative estimate of drug-likeness (QED) is 0.0523. The van der Waals surface area contributed by atoms with E-state index in [0.717, 1.165) is 45.4 Å². The molecular formula is C40H75NO3. The fraction of sp³-hybridized carbons (Fsp3) is 0.800. The minimum atomic E-state index is 0.108. The van der Waals surface area contributed by atoms with Gasteiger partial charge in [-0.3, -0.25) is 0 Å². The van der Waals surface area contributed by atoms with E-state index in [2.05, 4.69) is 81.5 Å². The van der Waals surface area contributed by atoms with E-state index in [1.165, 1.54) is 109 Å². The Morgan fingerprint density at radius 1 is 0.455 bits per heavy atom. The molecule has 0 amide bonds. The number of allylic oxidation sites excluding steroid dienone is 8. The molecule has 44 heavy (non-hydrogen) atoms. The van der Waals surface area contributed by atoms with E-state index in [1.54, 1.807) is 0 Å². The Morgan fingerprint density at radius 2 is 0.886 bits per heavy atom. The van der Waals surface area contributed by atoms with Gasteiger partial charge in [-0.05, 0) is 91.1 Å². The van der Waals surface area contributed by atoms with Gasteiger partial charge in [0.2, 0.25) is 0 Å². The molecule has 0 N–H and O–H groups in total. The third-order valence-corrected chi connectivity index (χ3v) is 7.68. The normalized spacial score (nSPS) is 13.2. The molecule has 0 aromatic rings. The summed E-state index contributed by atoms with van der Waals surface area (Å²) < 4.78 is 17.9. The van der Waals surface area contributed by atoms with Crippen LogP contribution in [-0.2, 0) is 14.2 Å². The first-order chi connectivity index (χ1) is 21.7. The summed E-state index contributed by atoms with van der Waals surface area (Å²) in [4.78, 5) is 2.17. The molecule has 0 saturated carbocycles. The van der Waals surface area contributed by atoms with Crippen molar-refractivity contribution < 1.29 is 14.2 Å². The lowest BCUT2D eigenvalue weighted by Crippen LogP contribution is -2.33. The van der Waals surface area contributed by atoms with Gasteiger partial charge in [-0.15, -0.1) is 0 Å². The summed E-state index contributed by atoms with van der Waals surface area (Å²) in [5.74, 6) is 0. The van der Waals surface area contributed by atoms with Gasteiger partial charge in [0.05, 0.1) is 25.9 Å². The van der Waals surface area contributed by atoms with Crippen LogP contribution in [0.4, 0.5) is 0 Å². The van der Waals surface area contributed by atoms with Gasteiger partial charge in [0.25, 0.3) is 0 Å². The summed E-state index contributed by atoms with van der Waals surface area (Å²) in [7, 11) is 4.19. The van der Waals surface area contributed by atoms with Crippen molar-refractivity contribution in [1.29, 1.82) is 0 Å². The Bertz CT molecular complexity index is 655. The average molecular weight is 618 g/mol. The molecule has 4 heteroatoms. The van der Waals surface area contributed by atoms with Gasteiger partial charge in [-0.25, -0.2) is 0 Å². The van der Waals surface area contributed by atoms with Crippen molar-refractivity contribution in [1.82, 2.24) is 4.90 Å². The van der Waals surface area contributed by atoms with Crippen molar-refractivity contribution in [3.05, 3.63) is 48.6 Å². The molecule has 0 heterocycles. The molecular weight excluding hydrogens is 542 g/mol. The van der Waals surface area contributed by atoms with Crippen molar-refractivity contribution in [3.63, 3.8) is 0 Å². The third kappa shape index (κ3) is 37.0. The lowest BCUT2D eigenvalue weighted by Gasteiger charge is -2.21. The van der Waals surface area contributed by atoms with Crippen molar-refractivity contribution in [2.45, 2.75) is 155 Å². The highest BCUT2D eigenvalue weighted by Gasteiger charge is 2.11. The molecule has 0 fully saturated rings. The predicted molar refractivity (Wildman–Crippen MR) is 195 cm³/mol. The Hall–Kier alpha value is -1.20. The maximum atomic E-state index is 6.09. The van der Waals surface area contributed by atoms with E-state index in [0.29, 0.717) is 19.8 Å². The van der Waals surface area contributed by atoms with Crippen LogP contribution in [0.2, 0.25) is 0 Å². The molecule has 1 unspecified atom stereocenters. The van der Waals surface area contributed by atoms with Crippen LogP contribution in [0.5, 0.6) is 0 Å². The maximum absolute atomic E-state index is 6.09. The highest BCUT2D eigenvalue weighted by molar-refractivity contribution is 4.93. The van der Waals surface area contributed by atoms with Crippen LogP contribution in [0.1, 0.15) is 149 Å². The Kier molecular flexibility index (Phi) is 36.9. The van der Waals surface area contributed by atoms with Crippen molar-refractivity contribution >= 4 is 0 Å². The number of hydrogen-bond acceptors (Lipinski definition) is 4. The Morgan fingerprint density at radius 3 is 1.39 bits per heavy atom. The van der Waals surface area contributed by atoms with Gasteiger partial charge < -0.3 is 19.1 Å². The lowest BCUT2D eigenvalue weighted by molar-refractivity contribution is -0.0468. The molecule has 0 aliphatic heterocycles. The zero-order chi connectivity index (χ0) is 32.0. The molecule has 258 valence electrons. The van der Waals surface area contributed by atoms with E-state index < -0.39 is 0 Å². The fourth-order valence-corrected chi connectivity index (χ4v) is 5.01. The van der Waals surface area contributed by atoms with Crippen molar-refractivity contribution in [3.8, 4) is 0 Å². The molecule has 0 saturated heterocycles. The SMILES string of the molecule is CCCCC/C=C\C/C=C\CCCCCCCCOCC(CN(C)C)OCCOCCCCC/C=C\C/C=C\CCCCC. The van der Waals surface area contributed by atoms with Gasteiger partial charge in [-0.2, -0.15) is 0 Å². The topological polar surface area (TPSA) is 30.9 Å². The van der Waals surface area contributed by atoms with Crippen LogP contribution in [0.25, 0.3) is 0 Å². The standard InChI is InChI=1S/C40H75NO3/c1-5-7-9-11-13-15-17-19-20-21-23-25-27-29-31-33-35-43-39-40(38-41(3)4)44-37-36-42-34-32-30-28-26-24-22-18-16-14-12-10-8-6-2/h13-16,19-20,22,24,40H,5-12,17-18,21,23,25-39H2,1-4H3/b15-13-,16-14-,20-19-,24-22-. The van der Waals surface area contributed by atoms with E-state index in [4.69, 9.17) is 14.2 Å². The van der Waals surface area contributed by atoms with Crippen molar-refractivity contribution in [2.75, 3.05) is 53.7 Å². The van der Waals surface area contributed by atoms with Gasteiger partial charge in [0.15, 0.2) is 0 Å². The molecule has 0 spiro atoms. The molecule has 0 aliphatic rings. The predicted octanol–water partition coefficient (Wildman–Crippen LogP) is 11.4. The molecule has 0 radical (unpaired) electrons. The van der Waals surface area contributed by atoms with Crippen molar-refractivity contribution in [2.24, 2.45) is 0 Å². The smallest absolute Gasteiger partial charge is 0.0935 e. The Balaban J connectivity index is 3.58. The summed E-state index contributed by atoms with van der Waals surface area (Å²) in [5.41, 5.74) is 0. The maximum Gasteiger partial charge on any atom is 0.0935 e. The summed E-state index contributed by atoms with van der Waals surface area (Å²) in [6, 6.07) is 0. The van der Waals surface area contributed by atoms with Crippen LogP contribution in [0, 0.1) is 0 Å². The fourth-order valence-electron chi connectivity index (χ4n) is 5.01. The van der Waals surface area contributed by atoms with E-state index in [1.807, 2.05) is 0 Å². The van der Waals surface area contributed by atoms with E-state index in [9.17, 15) is 0 Å². The highest BCUT2D eigenvalue weighted by atomic mass is 16.5. The number of ether oxygens (including phenoxy) is 3. The second-order valence-corrected chi connectivity index (χ2v) is 12.6. The van der Waals surface area contributed by atoms with E-state index in [-0.39, 0.29) is 6.10 Å². The number of unbranched alkanes of at least 4 members (excludes halogenated alkanes) is 15. The first kappa shape index (κ1) is 42.8. The second kappa shape index (κ2) is 38.0. The lowest BCUT2D eigenvalue weighted by atomic mass is 10.1. The molecule has 1 atom stereocenters. The number of nitrogens with zero attached hydrogens (tertiary/aromatic N) is 1. The minimum absolute atomic E-state index is 0.108. The Labute approximate surface area is 275 Å². The van der Waals surface area contributed by atoms with Gasteiger partial charge in [-0.1, -0.05) is 120 Å². The van der Waals surface area contributed by atoms with Crippen LogP contribution in [-0.4, -0.2) is 64.7 Å². The van der Waals surface area contributed by atoms with Gasteiger partial charge in [0.1, 0.15) is 0 Å². The van der Waals surface area contributed by atoms with Crippen LogP contribution in [0.3, 0.4) is 0 Å². The first-order valence-electron chi connectivity index (χ1n) is 18.7. The molecule has 0 rings (SSSR count). The van der Waals surface area contributed by atoms with Gasteiger partial charge in [0, 0.05) is 19.8 Å². The molecule has 0 aliphatic carbocycles. The molecule has 4 nitrogen and oxygen atoms in total. The van der Waals surface area contributed by atoms with Gasteiger partial charge >= 0.3 is 0 Å². The molecule has 0 bridgehead atoms. The largest absolute Gasteiger partial charge is 0.379 e. The van der Waals surface area contributed by atoms with Crippen LogP contribution in [0.15, 0.2) is 48.6 Å². The summed E-state index contributed by atoms with van der Waals surface area (Å²) >= 11 is 0. The highest BCUT2D eigenvalue weighted by Crippen LogP contribution is 2.09. The minimum Gasteiger partial charge on any atom is -0.379 e. The van der Waals surface area contributed by atoms with Crippen LogP contribution < -0.4 is 0 Å². The summed E-state index contributed by atoms with van der Waals surface area (Å²) in [6.07, 6.45) is 45.0. The second-order valence-electron chi connectivity index (χ2n) is 12.6. The van der Waals surface area contributed by atoms with E-state index >= 15 is 0 Å². The third-order valence-electron chi connectivity index (χ3n) is 7.68. The average Bonchev–Trinajstić information content (AvgIpc) is 3.01. The zero-order valence-corrected chi connectivity index (χ0v) is 30.0. The zero-order valence-electron chi connectivity index (χ0n) is 30.0.